The van der Waals surface area contributed by atoms with Crippen LogP contribution < -0.4 is 35.7 Å². The first kappa shape index (κ1) is 28.4. The Morgan fingerprint density at radius 2 is 1.03 bits per heavy atom. The fourth-order valence-corrected chi connectivity index (χ4v) is 10.0. The predicted octanol–water partition coefficient (Wildman–Crippen LogP) is 2.48. The molecule has 1 aromatic rings. The van der Waals surface area contributed by atoms with Crippen molar-refractivity contribution in [2.24, 2.45) is 17.2 Å². The lowest BCUT2D eigenvalue weighted by molar-refractivity contribution is 0.447. The average Bonchev–Trinajstić information content (AvgIpc) is 2.68. The van der Waals surface area contributed by atoms with E-state index in [2.05, 4.69) is 51.4 Å². The van der Waals surface area contributed by atoms with E-state index in [-0.39, 0.29) is 0 Å². The van der Waals surface area contributed by atoms with Crippen LogP contribution in [0.4, 0.5) is 0 Å². The van der Waals surface area contributed by atoms with E-state index < -0.39 is 25.0 Å². The molecule has 0 bridgehead atoms. The SMILES string of the molecule is C[Si](C)(CCCN)Oc1ccc([SiH3])c(O[Si](C)(C)CCCN)c1O[Si](C)(C)CCCN. The lowest BCUT2D eigenvalue weighted by atomic mass is 10.3. The van der Waals surface area contributed by atoms with Gasteiger partial charge in [0.1, 0.15) is 11.5 Å². The molecule has 0 aromatic heterocycles. The van der Waals surface area contributed by atoms with Gasteiger partial charge >= 0.3 is 0 Å². The second-order valence-corrected chi connectivity index (χ2v) is 24.0. The maximum Gasteiger partial charge on any atom is 0.245 e. The minimum absolute atomic E-state index is 0.686. The molecule has 6 nitrogen and oxygen atoms in total. The summed E-state index contributed by atoms with van der Waals surface area (Å²) in [5, 5.41) is 1.22. The van der Waals surface area contributed by atoms with Crippen molar-refractivity contribution in [3.8, 4) is 17.2 Å². The topological polar surface area (TPSA) is 106 Å². The monoisotopic (exact) mass is 501 g/mol. The first-order valence-corrected chi connectivity index (χ1v) is 22.0. The number of nitrogens with two attached hydrogens (primary N) is 3. The molecule has 0 amide bonds. The lowest BCUT2D eigenvalue weighted by Crippen LogP contribution is -2.40. The summed E-state index contributed by atoms with van der Waals surface area (Å²) in [5.41, 5.74) is 17.3. The summed E-state index contributed by atoms with van der Waals surface area (Å²) in [6.07, 6.45) is 2.94. The normalized spacial score (nSPS) is 12.8. The third kappa shape index (κ3) is 10.2. The van der Waals surface area contributed by atoms with Gasteiger partial charge < -0.3 is 30.5 Å². The second-order valence-electron chi connectivity index (χ2n) is 10.3. The van der Waals surface area contributed by atoms with E-state index in [0.29, 0.717) is 19.6 Å². The van der Waals surface area contributed by atoms with Gasteiger partial charge in [0.25, 0.3) is 0 Å². The predicted molar refractivity (Wildman–Crippen MR) is 146 cm³/mol. The van der Waals surface area contributed by atoms with Gasteiger partial charge in [0, 0.05) is 10.2 Å². The van der Waals surface area contributed by atoms with Crippen LogP contribution in [-0.4, -0.2) is 54.8 Å². The van der Waals surface area contributed by atoms with Crippen LogP contribution in [-0.2, 0) is 0 Å². The van der Waals surface area contributed by atoms with Gasteiger partial charge in [0.05, 0.1) is 0 Å². The van der Waals surface area contributed by atoms with Gasteiger partial charge in [-0.25, -0.2) is 0 Å². The zero-order valence-electron chi connectivity index (χ0n) is 21.0. The molecule has 6 N–H and O–H groups in total. The van der Waals surface area contributed by atoms with E-state index in [4.69, 9.17) is 30.5 Å². The fraction of sp³-hybridized carbons (Fsp3) is 0.714. The largest absolute Gasteiger partial charge is 0.542 e. The Morgan fingerprint density at radius 1 is 0.645 bits per heavy atom. The van der Waals surface area contributed by atoms with Crippen molar-refractivity contribution in [2.75, 3.05) is 19.6 Å². The Morgan fingerprint density at radius 3 is 1.45 bits per heavy atom. The molecule has 31 heavy (non-hydrogen) atoms. The van der Waals surface area contributed by atoms with E-state index in [9.17, 15) is 0 Å². The average molecular weight is 502 g/mol. The first-order chi connectivity index (χ1) is 14.4. The highest BCUT2D eigenvalue weighted by molar-refractivity contribution is 6.73. The Bertz CT molecular complexity index is 688. The third-order valence-corrected chi connectivity index (χ3v) is 13.1. The van der Waals surface area contributed by atoms with E-state index in [1.807, 2.05) is 0 Å². The maximum absolute atomic E-state index is 6.80. The number of benzene rings is 1. The van der Waals surface area contributed by atoms with Gasteiger partial charge in [0.2, 0.25) is 25.0 Å². The molecule has 0 saturated carbocycles. The fourth-order valence-electron chi connectivity index (χ4n) is 3.53. The molecule has 0 aliphatic carbocycles. The summed E-state index contributed by atoms with van der Waals surface area (Å²) in [6.45, 7) is 15.6. The van der Waals surface area contributed by atoms with Crippen molar-refractivity contribution in [3.05, 3.63) is 12.1 Å². The third-order valence-electron chi connectivity index (χ3n) is 5.36. The van der Waals surface area contributed by atoms with Crippen molar-refractivity contribution in [1.82, 2.24) is 0 Å². The summed E-state index contributed by atoms with van der Waals surface area (Å²) in [6, 6.07) is 7.30. The molecular formula is C21H47N3O3Si4. The van der Waals surface area contributed by atoms with Gasteiger partial charge in [-0.15, -0.1) is 0 Å². The number of hydrogen-bond donors (Lipinski definition) is 3. The van der Waals surface area contributed by atoms with Crippen LogP contribution in [0.5, 0.6) is 17.2 Å². The Labute approximate surface area is 196 Å². The lowest BCUT2D eigenvalue weighted by Gasteiger charge is -2.33. The maximum atomic E-state index is 6.80. The standard InChI is InChI=1S/C21H47N3O3Si4/c1-29(2,15-7-12-22)25-18-10-11-19(28)21(27-31(5,6)17-9-14-24)20(18)26-30(3,4)16-8-13-23/h10-11H,7-9,12-17,22-24H2,1-6,28H3. The molecule has 0 spiro atoms. The van der Waals surface area contributed by atoms with Gasteiger partial charge in [0.15, 0.2) is 5.75 Å². The van der Waals surface area contributed by atoms with Gasteiger partial charge in [-0.2, -0.15) is 0 Å². The molecule has 0 heterocycles. The van der Waals surface area contributed by atoms with E-state index >= 15 is 0 Å². The zero-order valence-corrected chi connectivity index (χ0v) is 26.0. The van der Waals surface area contributed by atoms with Crippen molar-refractivity contribution in [3.63, 3.8) is 0 Å². The van der Waals surface area contributed by atoms with Crippen molar-refractivity contribution in [1.29, 1.82) is 0 Å². The molecule has 0 radical (unpaired) electrons. The van der Waals surface area contributed by atoms with Crippen LogP contribution in [0.25, 0.3) is 0 Å². The molecular weight excluding hydrogens is 455 g/mol. The highest BCUT2D eigenvalue weighted by Crippen LogP contribution is 2.41. The van der Waals surface area contributed by atoms with Gasteiger partial charge in [-0.05, 0) is 108 Å². The van der Waals surface area contributed by atoms with Crippen molar-refractivity contribution >= 4 is 40.4 Å². The Kier molecular flexibility index (Phi) is 11.5. The minimum atomic E-state index is -1.99. The van der Waals surface area contributed by atoms with E-state index in [1.165, 1.54) is 5.19 Å². The highest BCUT2D eigenvalue weighted by Gasteiger charge is 2.33. The second kappa shape index (κ2) is 12.6. The minimum Gasteiger partial charge on any atom is -0.542 e. The molecule has 0 aliphatic heterocycles. The molecule has 0 fully saturated rings. The summed E-state index contributed by atoms with van der Waals surface area (Å²) in [4.78, 5) is 0. The summed E-state index contributed by atoms with van der Waals surface area (Å²) in [5.74, 6) is 2.57. The summed E-state index contributed by atoms with van der Waals surface area (Å²) < 4.78 is 20.2. The molecule has 1 rings (SSSR count). The zero-order chi connectivity index (χ0) is 23.7. The Hall–Kier alpha value is -0.632. The van der Waals surface area contributed by atoms with Gasteiger partial charge in [-0.1, -0.05) is 6.07 Å². The molecule has 0 aliphatic rings. The molecule has 0 unspecified atom stereocenters. The van der Waals surface area contributed by atoms with Crippen molar-refractivity contribution in [2.45, 2.75) is 76.7 Å². The van der Waals surface area contributed by atoms with Crippen molar-refractivity contribution < 1.29 is 13.3 Å². The number of rotatable bonds is 15. The molecule has 1 aromatic carbocycles. The van der Waals surface area contributed by atoms with Crippen LogP contribution in [0.15, 0.2) is 12.1 Å². The van der Waals surface area contributed by atoms with Crippen LogP contribution in [0.3, 0.4) is 0 Å². The Balaban J connectivity index is 3.39. The number of hydrogen-bond acceptors (Lipinski definition) is 6. The molecule has 10 heteroatoms. The quantitative estimate of drug-likeness (QED) is 0.319. The van der Waals surface area contributed by atoms with E-state index in [1.54, 1.807) is 0 Å². The first-order valence-electron chi connectivity index (χ1n) is 11.7. The van der Waals surface area contributed by atoms with Crippen LogP contribution in [0.2, 0.25) is 57.4 Å². The molecule has 0 saturated heterocycles. The van der Waals surface area contributed by atoms with Crippen LogP contribution >= 0.6 is 0 Å². The van der Waals surface area contributed by atoms with Crippen LogP contribution in [0.1, 0.15) is 19.3 Å². The molecule has 180 valence electrons. The summed E-state index contributed by atoms with van der Waals surface area (Å²) >= 11 is 0. The smallest absolute Gasteiger partial charge is 0.245 e. The van der Waals surface area contributed by atoms with E-state index in [0.717, 1.165) is 64.9 Å². The van der Waals surface area contributed by atoms with Crippen LogP contribution in [0, 0.1) is 0 Å². The van der Waals surface area contributed by atoms with Gasteiger partial charge in [-0.3, -0.25) is 0 Å². The highest BCUT2D eigenvalue weighted by atomic mass is 28.4. The summed E-state index contributed by atoms with van der Waals surface area (Å²) in [7, 11) is -4.97. The molecule has 0 atom stereocenters.